The van der Waals surface area contributed by atoms with E-state index in [-0.39, 0.29) is 19.3 Å². The van der Waals surface area contributed by atoms with E-state index in [0.29, 0.717) is 32.4 Å². The van der Waals surface area contributed by atoms with Crippen LogP contribution in [0.25, 0.3) is 0 Å². The minimum Gasteiger partial charge on any atom is -0.484 e. The maximum absolute atomic E-state index is 11.9. The SMILES string of the molecule is O=C(COc1ccc(C2SCCS2)cc1)N/N=C\c1cc2c(cc1Cl)OCO2. The van der Waals surface area contributed by atoms with Crippen molar-refractivity contribution in [1.29, 1.82) is 0 Å². The second-order valence-electron chi connectivity index (χ2n) is 5.95. The lowest BCUT2D eigenvalue weighted by molar-refractivity contribution is -0.123. The van der Waals surface area contributed by atoms with Crippen LogP contribution >= 0.6 is 35.1 Å². The maximum atomic E-state index is 11.9. The first-order valence-electron chi connectivity index (χ1n) is 8.56. The van der Waals surface area contributed by atoms with Crippen LogP contribution in [0.1, 0.15) is 15.7 Å². The topological polar surface area (TPSA) is 69.2 Å². The van der Waals surface area contributed by atoms with Gasteiger partial charge in [0.05, 0.1) is 15.8 Å². The predicted molar refractivity (Wildman–Crippen MR) is 113 cm³/mol. The van der Waals surface area contributed by atoms with Gasteiger partial charge in [0, 0.05) is 23.1 Å². The highest BCUT2D eigenvalue weighted by Crippen LogP contribution is 2.45. The zero-order valence-corrected chi connectivity index (χ0v) is 17.1. The van der Waals surface area contributed by atoms with Crippen LogP contribution in [-0.4, -0.2) is 37.0 Å². The summed E-state index contributed by atoms with van der Waals surface area (Å²) in [6.07, 6.45) is 1.45. The smallest absolute Gasteiger partial charge is 0.277 e. The highest BCUT2D eigenvalue weighted by atomic mass is 35.5. The van der Waals surface area contributed by atoms with Crippen molar-refractivity contribution in [2.75, 3.05) is 24.9 Å². The lowest BCUT2D eigenvalue weighted by Gasteiger charge is -2.10. The minimum absolute atomic E-state index is 0.127. The summed E-state index contributed by atoms with van der Waals surface area (Å²) in [4.78, 5) is 11.9. The first-order chi connectivity index (χ1) is 13.7. The molecule has 2 heterocycles. The second-order valence-corrected chi connectivity index (χ2v) is 9.08. The summed E-state index contributed by atoms with van der Waals surface area (Å²) in [6.45, 7) is 0.0398. The van der Waals surface area contributed by atoms with Crippen LogP contribution in [0, 0.1) is 0 Å². The van der Waals surface area contributed by atoms with E-state index in [1.807, 2.05) is 47.8 Å². The van der Waals surface area contributed by atoms with E-state index in [1.54, 1.807) is 12.1 Å². The van der Waals surface area contributed by atoms with E-state index in [4.69, 9.17) is 25.8 Å². The number of rotatable bonds is 6. The van der Waals surface area contributed by atoms with Gasteiger partial charge >= 0.3 is 0 Å². The fourth-order valence-corrected chi connectivity index (χ4v) is 5.72. The molecule has 0 atom stereocenters. The molecule has 0 aliphatic carbocycles. The molecule has 1 N–H and O–H groups in total. The van der Waals surface area contributed by atoms with Crippen molar-refractivity contribution in [3.8, 4) is 17.2 Å². The Kier molecular flexibility index (Phi) is 6.19. The van der Waals surface area contributed by atoms with Gasteiger partial charge in [0.25, 0.3) is 5.91 Å². The lowest BCUT2D eigenvalue weighted by atomic mass is 10.2. The van der Waals surface area contributed by atoms with Gasteiger partial charge in [-0.05, 0) is 23.8 Å². The van der Waals surface area contributed by atoms with Crippen molar-refractivity contribution in [3.63, 3.8) is 0 Å². The summed E-state index contributed by atoms with van der Waals surface area (Å²) < 4.78 is 16.6. The number of hydrazone groups is 1. The molecule has 0 saturated carbocycles. The highest BCUT2D eigenvalue weighted by molar-refractivity contribution is 8.19. The molecule has 2 aliphatic heterocycles. The number of hydrogen-bond donors (Lipinski definition) is 1. The van der Waals surface area contributed by atoms with Crippen LogP contribution in [0.2, 0.25) is 5.02 Å². The van der Waals surface area contributed by atoms with Gasteiger partial charge in [-0.25, -0.2) is 5.43 Å². The molecule has 0 aromatic heterocycles. The van der Waals surface area contributed by atoms with Crippen LogP contribution in [0.15, 0.2) is 41.5 Å². The Balaban J connectivity index is 1.26. The van der Waals surface area contributed by atoms with E-state index in [9.17, 15) is 4.79 Å². The fraction of sp³-hybridized carbons (Fsp3) is 0.263. The predicted octanol–water partition coefficient (Wildman–Crippen LogP) is 4.08. The molecule has 1 amide bonds. The van der Waals surface area contributed by atoms with Crippen molar-refractivity contribution in [2.24, 2.45) is 5.10 Å². The van der Waals surface area contributed by atoms with Crippen molar-refractivity contribution < 1.29 is 19.0 Å². The van der Waals surface area contributed by atoms with E-state index >= 15 is 0 Å². The van der Waals surface area contributed by atoms with Crippen LogP contribution in [-0.2, 0) is 4.79 Å². The Morgan fingerprint density at radius 1 is 1.21 bits per heavy atom. The number of ether oxygens (including phenoxy) is 3. The first-order valence-corrected chi connectivity index (χ1v) is 11.0. The van der Waals surface area contributed by atoms with Gasteiger partial charge in [-0.2, -0.15) is 5.10 Å². The molecule has 2 aromatic rings. The third-order valence-electron chi connectivity index (χ3n) is 4.03. The van der Waals surface area contributed by atoms with Crippen molar-refractivity contribution in [3.05, 3.63) is 52.5 Å². The Labute approximate surface area is 175 Å². The van der Waals surface area contributed by atoms with Crippen molar-refractivity contribution in [2.45, 2.75) is 4.58 Å². The summed E-state index contributed by atoms with van der Waals surface area (Å²) in [5, 5.41) is 4.37. The molecule has 1 fully saturated rings. The normalized spacial score (nSPS) is 15.9. The Hall–Kier alpha value is -2.03. The summed E-state index contributed by atoms with van der Waals surface area (Å²) >= 11 is 10.1. The number of nitrogens with one attached hydrogen (secondary N) is 1. The van der Waals surface area contributed by atoms with Crippen LogP contribution in [0.3, 0.4) is 0 Å². The molecule has 2 aromatic carbocycles. The Morgan fingerprint density at radius 3 is 2.68 bits per heavy atom. The Bertz CT molecular complexity index is 886. The summed E-state index contributed by atoms with van der Waals surface area (Å²) in [7, 11) is 0. The van der Waals surface area contributed by atoms with E-state index in [2.05, 4.69) is 10.5 Å². The van der Waals surface area contributed by atoms with E-state index < -0.39 is 0 Å². The molecule has 0 spiro atoms. The molecule has 6 nitrogen and oxygen atoms in total. The molecule has 4 rings (SSSR count). The molecule has 28 heavy (non-hydrogen) atoms. The zero-order valence-electron chi connectivity index (χ0n) is 14.7. The van der Waals surface area contributed by atoms with Crippen LogP contribution in [0.5, 0.6) is 17.2 Å². The van der Waals surface area contributed by atoms with Gasteiger partial charge in [-0.15, -0.1) is 23.5 Å². The second kappa shape index (κ2) is 8.98. The van der Waals surface area contributed by atoms with Gasteiger partial charge in [0.15, 0.2) is 18.1 Å². The number of carbonyl (C=O) groups excluding carboxylic acids is 1. The third-order valence-corrected chi connectivity index (χ3v) is 7.46. The van der Waals surface area contributed by atoms with Gasteiger partial charge in [-0.3, -0.25) is 4.79 Å². The van der Waals surface area contributed by atoms with E-state index in [1.165, 1.54) is 23.3 Å². The molecular weight excluding hydrogens is 420 g/mol. The average Bonchev–Trinajstić information content (AvgIpc) is 3.39. The standard InChI is InChI=1S/C19H17ClN2O4S2/c20-15-8-17-16(25-11-26-17)7-13(15)9-21-22-18(23)10-24-14-3-1-12(2-4-14)19-27-5-6-28-19/h1-4,7-9,19H,5-6,10-11H2,(H,22,23)/b21-9-. The number of benzene rings is 2. The number of amides is 1. The molecule has 146 valence electrons. The number of halogens is 1. The molecule has 0 bridgehead atoms. The van der Waals surface area contributed by atoms with Crippen LogP contribution < -0.4 is 19.6 Å². The van der Waals surface area contributed by atoms with E-state index in [0.717, 1.165) is 0 Å². The zero-order chi connectivity index (χ0) is 19.3. The quantitative estimate of drug-likeness (QED) is 0.543. The number of nitrogens with zero attached hydrogens (tertiary/aromatic N) is 1. The minimum atomic E-state index is -0.362. The molecular formula is C19H17ClN2O4S2. The third kappa shape index (κ3) is 4.68. The van der Waals surface area contributed by atoms with Crippen molar-refractivity contribution >= 4 is 47.2 Å². The van der Waals surface area contributed by atoms with Gasteiger partial charge in [0.1, 0.15) is 5.75 Å². The number of hydrogen-bond acceptors (Lipinski definition) is 7. The fourth-order valence-electron chi connectivity index (χ4n) is 2.66. The molecule has 0 unspecified atom stereocenters. The average molecular weight is 437 g/mol. The monoisotopic (exact) mass is 436 g/mol. The summed E-state index contributed by atoms with van der Waals surface area (Å²) in [5.41, 5.74) is 4.31. The summed E-state index contributed by atoms with van der Waals surface area (Å²) in [6, 6.07) is 11.2. The van der Waals surface area contributed by atoms with Gasteiger partial charge in [0.2, 0.25) is 6.79 Å². The molecule has 2 aliphatic rings. The number of fused-ring (bicyclic) bond motifs is 1. The molecule has 0 radical (unpaired) electrons. The molecule has 1 saturated heterocycles. The Morgan fingerprint density at radius 2 is 1.93 bits per heavy atom. The highest BCUT2D eigenvalue weighted by Gasteiger charge is 2.18. The maximum Gasteiger partial charge on any atom is 0.277 e. The number of thioether (sulfide) groups is 2. The van der Waals surface area contributed by atoms with Crippen LogP contribution in [0.4, 0.5) is 0 Å². The van der Waals surface area contributed by atoms with Crippen molar-refractivity contribution in [1.82, 2.24) is 5.43 Å². The van der Waals surface area contributed by atoms with Gasteiger partial charge < -0.3 is 14.2 Å². The van der Waals surface area contributed by atoms with Gasteiger partial charge in [-0.1, -0.05) is 23.7 Å². The summed E-state index contributed by atoms with van der Waals surface area (Å²) in [5.74, 6) is 3.85. The largest absolute Gasteiger partial charge is 0.484 e. The first kappa shape index (κ1) is 19.3. The lowest BCUT2D eigenvalue weighted by Crippen LogP contribution is -2.24. The molecule has 9 heteroatoms. The number of carbonyl (C=O) groups is 1.